The van der Waals surface area contributed by atoms with Crippen molar-refractivity contribution in [3.8, 4) is 6.19 Å². The van der Waals surface area contributed by atoms with Gasteiger partial charge >= 0.3 is 0 Å². The number of allylic oxidation sites excluding steroid dienone is 1. The highest BCUT2D eigenvalue weighted by Gasteiger charge is 2.15. The topological polar surface area (TPSA) is 27.0 Å². The zero-order chi connectivity index (χ0) is 8.27. The summed E-state index contributed by atoms with van der Waals surface area (Å²) in [6, 6.07) is 0.344. The first-order valence-corrected chi connectivity index (χ1v) is 4.05. The Hall–Kier alpha value is -0.970. The molecule has 0 bridgehead atoms. The monoisotopic (exact) mass is 150 g/mol. The Morgan fingerprint density at radius 2 is 2.18 bits per heavy atom. The number of hydrogen-bond donors (Lipinski definition) is 0. The molecule has 0 aromatic carbocycles. The predicted molar refractivity (Wildman–Crippen MR) is 44.7 cm³/mol. The zero-order valence-corrected chi connectivity index (χ0v) is 7.12. The lowest BCUT2D eigenvalue weighted by molar-refractivity contribution is 0.347. The first-order valence-electron chi connectivity index (χ1n) is 4.05. The first-order chi connectivity index (χ1) is 5.24. The predicted octanol–water partition coefficient (Wildman–Crippen LogP) is 1.75. The van der Waals surface area contributed by atoms with Crippen LogP contribution >= 0.6 is 0 Å². The molecule has 0 saturated heterocycles. The maximum atomic E-state index is 8.59. The molecule has 0 fully saturated rings. The van der Waals surface area contributed by atoms with Crippen LogP contribution in [0.15, 0.2) is 12.2 Å². The van der Waals surface area contributed by atoms with E-state index in [-0.39, 0.29) is 0 Å². The molecule has 0 aromatic rings. The first kappa shape index (κ1) is 8.13. The fraction of sp³-hybridized carbons (Fsp3) is 0.667. The molecule has 0 saturated carbocycles. The van der Waals surface area contributed by atoms with Crippen molar-refractivity contribution in [3.05, 3.63) is 12.2 Å². The second-order valence-electron chi connectivity index (χ2n) is 3.22. The molecule has 0 amide bonds. The largest absolute Gasteiger partial charge is 0.307 e. The van der Waals surface area contributed by atoms with Gasteiger partial charge in [-0.05, 0) is 18.8 Å². The van der Waals surface area contributed by atoms with Crippen LogP contribution in [0, 0.1) is 17.4 Å². The average Bonchev–Trinajstić information content (AvgIpc) is 2.05. The molecule has 0 aliphatic heterocycles. The lowest BCUT2D eigenvalue weighted by Gasteiger charge is -2.24. The quantitative estimate of drug-likeness (QED) is 0.323. The molecule has 0 aromatic heterocycles. The lowest BCUT2D eigenvalue weighted by Crippen LogP contribution is -2.27. The highest BCUT2D eigenvalue weighted by atomic mass is 15.1. The Balaban J connectivity index is 2.51. The Kier molecular flexibility index (Phi) is 2.53. The van der Waals surface area contributed by atoms with E-state index in [9.17, 15) is 0 Å². The van der Waals surface area contributed by atoms with Crippen molar-refractivity contribution in [1.29, 1.82) is 5.26 Å². The highest BCUT2D eigenvalue weighted by Crippen LogP contribution is 2.19. The van der Waals surface area contributed by atoms with Gasteiger partial charge in [-0.15, -0.1) is 0 Å². The second-order valence-corrected chi connectivity index (χ2v) is 3.22. The number of nitrogens with zero attached hydrogens (tertiary/aromatic N) is 2. The molecule has 2 nitrogen and oxygen atoms in total. The number of nitriles is 1. The fourth-order valence-electron chi connectivity index (χ4n) is 1.34. The Morgan fingerprint density at radius 1 is 1.45 bits per heavy atom. The van der Waals surface area contributed by atoms with Gasteiger partial charge in [-0.2, -0.15) is 5.26 Å². The van der Waals surface area contributed by atoms with E-state index in [0.717, 1.165) is 6.42 Å². The molecule has 2 heteroatoms. The molecule has 0 spiro atoms. The second kappa shape index (κ2) is 3.43. The minimum Gasteiger partial charge on any atom is -0.307 e. The molecule has 1 rings (SSSR count). The maximum absolute atomic E-state index is 8.59. The van der Waals surface area contributed by atoms with E-state index < -0.39 is 0 Å². The van der Waals surface area contributed by atoms with Crippen LogP contribution in [-0.4, -0.2) is 18.0 Å². The van der Waals surface area contributed by atoms with Crippen molar-refractivity contribution >= 4 is 0 Å². The van der Waals surface area contributed by atoms with E-state index >= 15 is 0 Å². The van der Waals surface area contributed by atoms with E-state index in [1.807, 2.05) is 7.05 Å². The summed E-state index contributed by atoms with van der Waals surface area (Å²) >= 11 is 0. The molecule has 2 atom stereocenters. The SMILES string of the molecule is C[C@@H]1C=C[C@H](N(C)C#N)CC1. The minimum atomic E-state index is 0.344. The van der Waals surface area contributed by atoms with Crippen LogP contribution in [0.4, 0.5) is 0 Å². The average molecular weight is 150 g/mol. The number of rotatable bonds is 1. The van der Waals surface area contributed by atoms with Crippen molar-refractivity contribution in [2.24, 2.45) is 5.92 Å². The summed E-state index contributed by atoms with van der Waals surface area (Å²) in [6.45, 7) is 2.21. The van der Waals surface area contributed by atoms with Crippen LogP contribution in [0.25, 0.3) is 0 Å². The summed E-state index contributed by atoms with van der Waals surface area (Å²) in [7, 11) is 1.84. The van der Waals surface area contributed by atoms with Gasteiger partial charge in [0.2, 0.25) is 0 Å². The third-order valence-corrected chi connectivity index (χ3v) is 2.23. The van der Waals surface area contributed by atoms with E-state index in [1.54, 1.807) is 4.90 Å². The van der Waals surface area contributed by atoms with Gasteiger partial charge in [-0.25, -0.2) is 0 Å². The molecular formula is C9H14N2. The molecule has 0 unspecified atom stereocenters. The number of likely N-dealkylation sites (N-methyl/N-ethyl adjacent to an activating group) is 1. The van der Waals surface area contributed by atoms with Gasteiger partial charge in [0.05, 0.1) is 6.04 Å². The molecule has 0 heterocycles. The summed E-state index contributed by atoms with van der Waals surface area (Å²) in [4.78, 5) is 1.71. The van der Waals surface area contributed by atoms with E-state index in [4.69, 9.17) is 5.26 Å². The van der Waals surface area contributed by atoms with Gasteiger partial charge in [-0.1, -0.05) is 19.1 Å². The summed E-state index contributed by atoms with van der Waals surface area (Å²) < 4.78 is 0. The highest BCUT2D eigenvalue weighted by molar-refractivity contribution is 5.02. The van der Waals surface area contributed by atoms with Gasteiger partial charge < -0.3 is 4.90 Å². The molecule has 60 valence electrons. The third kappa shape index (κ3) is 1.98. The minimum absolute atomic E-state index is 0.344. The standard InChI is InChI=1S/C9H14N2/c1-8-3-5-9(6-4-8)11(2)7-10/h3,5,8-9H,4,6H2,1-2H3/t8-,9+/m1/s1. The van der Waals surface area contributed by atoms with Gasteiger partial charge in [0.25, 0.3) is 0 Å². The Morgan fingerprint density at radius 3 is 2.64 bits per heavy atom. The maximum Gasteiger partial charge on any atom is 0.179 e. The van der Waals surface area contributed by atoms with Crippen LogP contribution < -0.4 is 0 Å². The van der Waals surface area contributed by atoms with Crippen molar-refractivity contribution in [2.45, 2.75) is 25.8 Å². The van der Waals surface area contributed by atoms with Gasteiger partial charge in [0, 0.05) is 7.05 Å². The molecular weight excluding hydrogens is 136 g/mol. The summed E-state index contributed by atoms with van der Waals surface area (Å²) in [5.41, 5.74) is 0. The van der Waals surface area contributed by atoms with Crippen molar-refractivity contribution < 1.29 is 0 Å². The molecule has 11 heavy (non-hydrogen) atoms. The van der Waals surface area contributed by atoms with Crippen molar-refractivity contribution in [2.75, 3.05) is 7.05 Å². The normalized spacial score (nSPS) is 29.5. The number of hydrogen-bond acceptors (Lipinski definition) is 2. The molecule has 1 aliphatic carbocycles. The summed E-state index contributed by atoms with van der Waals surface area (Å²) in [6.07, 6.45) is 8.78. The molecule has 0 radical (unpaired) electrons. The van der Waals surface area contributed by atoms with Crippen LogP contribution in [-0.2, 0) is 0 Å². The van der Waals surface area contributed by atoms with E-state index in [1.165, 1.54) is 6.42 Å². The smallest absolute Gasteiger partial charge is 0.179 e. The van der Waals surface area contributed by atoms with Crippen LogP contribution in [0.1, 0.15) is 19.8 Å². The van der Waals surface area contributed by atoms with Crippen LogP contribution in [0.5, 0.6) is 0 Å². The van der Waals surface area contributed by atoms with E-state index in [0.29, 0.717) is 12.0 Å². The Labute approximate surface area is 68.1 Å². The van der Waals surface area contributed by atoms with Crippen LogP contribution in [0.3, 0.4) is 0 Å². The Bertz CT molecular complexity index is 190. The van der Waals surface area contributed by atoms with E-state index in [2.05, 4.69) is 25.3 Å². The summed E-state index contributed by atoms with van der Waals surface area (Å²) in [5.74, 6) is 0.693. The van der Waals surface area contributed by atoms with Gasteiger partial charge in [-0.3, -0.25) is 0 Å². The zero-order valence-electron chi connectivity index (χ0n) is 7.12. The lowest BCUT2D eigenvalue weighted by atomic mass is 9.94. The van der Waals surface area contributed by atoms with Crippen molar-refractivity contribution in [1.82, 2.24) is 4.90 Å². The van der Waals surface area contributed by atoms with Crippen LogP contribution in [0.2, 0.25) is 0 Å². The molecule has 0 N–H and O–H groups in total. The van der Waals surface area contributed by atoms with Gasteiger partial charge in [0.1, 0.15) is 0 Å². The van der Waals surface area contributed by atoms with Crippen molar-refractivity contribution in [3.63, 3.8) is 0 Å². The third-order valence-electron chi connectivity index (χ3n) is 2.23. The van der Waals surface area contributed by atoms with Gasteiger partial charge in [0.15, 0.2) is 6.19 Å². The molecule has 1 aliphatic rings. The summed E-state index contributed by atoms with van der Waals surface area (Å²) in [5, 5.41) is 8.59. The fourth-order valence-corrected chi connectivity index (χ4v) is 1.34.